The van der Waals surface area contributed by atoms with Gasteiger partial charge in [-0.05, 0) is 20.8 Å². The van der Waals surface area contributed by atoms with E-state index in [-0.39, 0.29) is 0 Å². The molecule has 0 aromatic carbocycles. The number of hydrogen-bond acceptors (Lipinski definition) is 2. The van der Waals surface area contributed by atoms with Crippen LogP contribution < -0.4 is 5.11 Å². The molecule has 0 bridgehead atoms. The Morgan fingerprint density at radius 2 is 1.27 bits per heavy atom. The molecule has 0 saturated carbocycles. The Kier molecular flexibility index (Phi) is 7.67. The molecule has 0 spiro atoms. The van der Waals surface area contributed by atoms with Gasteiger partial charge in [0.25, 0.3) is 0 Å². The molecule has 0 radical (unpaired) electrons. The third kappa shape index (κ3) is 8.43. The largest absolute Gasteiger partial charge is 0.550 e. The van der Waals surface area contributed by atoms with Crippen molar-refractivity contribution in [3.63, 3.8) is 0 Å². The fourth-order valence-electron chi connectivity index (χ4n) is 0.671. The summed E-state index contributed by atoms with van der Waals surface area (Å²) in [6, 6.07) is 0. The molecular weight excluding hydrogens is 190 g/mol. The molecule has 0 aliphatic rings. The lowest BCUT2D eigenvalue weighted by atomic mass is 9.98. The van der Waals surface area contributed by atoms with E-state index in [4.69, 9.17) is 0 Å². The first-order chi connectivity index (χ1) is 6.63. The fourth-order valence-corrected chi connectivity index (χ4v) is 0.671. The van der Waals surface area contributed by atoms with Gasteiger partial charge in [-0.15, -0.1) is 0 Å². The summed E-state index contributed by atoms with van der Waals surface area (Å²) in [7, 11) is 2.29. The summed E-state index contributed by atoms with van der Waals surface area (Å²) < 4.78 is 1.21. The lowest BCUT2D eigenvalue weighted by Crippen LogP contribution is -2.42. The summed E-state index contributed by atoms with van der Waals surface area (Å²) in [6.07, 6.45) is 0. The second kappa shape index (κ2) is 6.83. The molecule has 0 heterocycles. The van der Waals surface area contributed by atoms with E-state index in [1.54, 1.807) is 20.8 Å². The quantitative estimate of drug-likeness (QED) is 0.668. The van der Waals surface area contributed by atoms with Crippen molar-refractivity contribution in [1.29, 1.82) is 0 Å². The van der Waals surface area contributed by atoms with E-state index >= 15 is 0 Å². The molecule has 0 fully saturated rings. The molecule has 0 amide bonds. The molecule has 0 unspecified atom stereocenters. The van der Waals surface area contributed by atoms with Gasteiger partial charge in [-0.1, -0.05) is 20.8 Å². The summed E-state index contributed by atoms with van der Waals surface area (Å²) in [5.74, 6) is -1.01. The third-order valence-corrected chi connectivity index (χ3v) is 2.90. The first-order valence-corrected chi connectivity index (χ1v) is 5.68. The van der Waals surface area contributed by atoms with Crippen LogP contribution in [-0.4, -0.2) is 37.1 Å². The number of carbonyl (C=O) groups is 1. The fraction of sp³-hybridized carbons (Fsp3) is 0.917. The molecule has 15 heavy (non-hydrogen) atoms. The van der Waals surface area contributed by atoms with Crippen molar-refractivity contribution in [2.24, 2.45) is 5.41 Å². The Hall–Kier alpha value is -0.570. The van der Waals surface area contributed by atoms with Crippen LogP contribution in [0.15, 0.2) is 0 Å². The van der Waals surface area contributed by atoms with Crippen molar-refractivity contribution in [3.8, 4) is 0 Å². The van der Waals surface area contributed by atoms with Gasteiger partial charge >= 0.3 is 0 Å². The van der Waals surface area contributed by atoms with Gasteiger partial charge in [0, 0.05) is 11.4 Å². The topological polar surface area (TPSA) is 40.1 Å². The van der Waals surface area contributed by atoms with Crippen molar-refractivity contribution in [1.82, 2.24) is 0 Å². The Morgan fingerprint density at radius 1 is 1.07 bits per heavy atom. The van der Waals surface area contributed by atoms with Crippen LogP contribution in [0.5, 0.6) is 0 Å². The molecule has 0 aromatic rings. The van der Waals surface area contributed by atoms with E-state index < -0.39 is 11.4 Å². The smallest absolute Gasteiger partial charge is 0.0755 e. The molecule has 0 aromatic heterocycles. The van der Waals surface area contributed by atoms with Crippen molar-refractivity contribution < 1.29 is 14.4 Å². The lowest BCUT2D eigenvalue weighted by molar-refractivity contribution is -0.904. The van der Waals surface area contributed by atoms with Gasteiger partial charge in [0.15, 0.2) is 0 Å². The van der Waals surface area contributed by atoms with Crippen LogP contribution in [0.2, 0.25) is 0 Å². The van der Waals surface area contributed by atoms with E-state index in [0.717, 1.165) is 0 Å². The summed E-state index contributed by atoms with van der Waals surface area (Å²) in [4.78, 5) is 9.91. The first kappa shape index (κ1) is 16.8. The number of quaternary nitrogens is 1. The zero-order valence-electron chi connectivity index (χ0n) is 11.4. The van der Waals surface area contributed by atoms with Gasteiger partial charge in [0.2, 0.25) is 0 Å². The SMILES string of the molecule is CC(C)(C)C(=O)[O-].CC[N+](C)(CC)CC. The van der Waals surface area contributed by atoms with Crippen LogP contribution in [-0.2, 0) is 4.79 Å². The number of nitrogens with zero attached hydrogens (tertiary/aromatic N) is 1. The molecule has 3 heteroatoms. The highest BCUT2D eigenvalue weighted by Gasteiger charge is 2.11. The highest BCUT2D eigenvalue weighted by atomic mass is 16.4. The molecule has 3 nitrogen and oxygen atoms in total. The summed E-state index contributed by atoms with van der Waals surface area (Å²) in [5, 5.41) is 9.91. The predicted octanol–water partition coefficient (Wildman–Crippen LogP) is 1.28. The number of carboxylic acid groups (broad SMARTS) is 1. The zero-order valence-corrected chi connectivity index (χ0v) is 11.4. The van der Waals surface area contributed by atoms with Gasteiger partial charge in [-0.25, -0.2) is 0 Å². The van der Waals surface area contributed by atoms with Gasteiger partial charge in [-0.2, -0.15) is 0 Å². The Labute approximate surface area is 94.7 Å². The van der Waals surface area contributed by atoms with Crippen molar-refractivity contribution in [3.05, 3.63) is 0 Å². The number of hydrogen-bond donors (Lipinski definition) is 0. The van der Waals surface area contributed by atoms with Crippen molar-refractivity contribution in [2.75, 3.05) is 26.7 Å². The monoisotopic (exact) mass is 217 g/mol. The van der Waals surface area contributed by atoms with Gasteiger partial charge in [0.1, 0.15) is 0 Å². The Morgan fingerprint density at radius 3 is 1.27 bits per heavy atom. The second-order valence-electron chi connectivity index (χ2n) is 5.11. The number of aliphatic carboxylic acids is 1. The molecule has 0 aliphatic carbocycles. The summed E-state index contributed by atoms with van der Waals surface area (Å²) in [6.45, 7) is 15.3. The normalized spacial score (nSPS) is 11.7. The molecule has 0 saturated heterocycles. The van der Waals surface area contributed by atoms with Gasteiger partial charge < -0.3 is 14.4 Å². The van der Waals surface area contributed by atoms with Crippen molar-refractivity contribution in [2.45, 2.75) is 41.5 Å². The van der Waals surface area contributed by atoms with Crippen LogP contribution >= 0.6 is 0 Å². The minimum atomic E-state index is -1.01. The molecule has 0 atom stereocenters. The zero-order chi connectivity index (χ0) is 12.7. The van der Waals surface area contributed by atoms with E-state index in [1.807, 2.05) is 0 Å². The number of rotatable bonds is 3. The average Bonchev–Trinajstić information content (AvgIpc) is 2.16. The first-order valence-electron chi connectivity index (χ1n) is 5.68. The molecular formula is C12H27NO2. The maximum absolute atomic E-state index is 9.91. The lowest BCUT2D eigenvalue weighted by Gasteiger charge is -2.30. The van der Waals surface area contributed by atoms with Crippen LogP contribution in [0.3, 0.4) is 0 Å². The van der Waals surface area contributed by atoms with E-state index in [2.05, 4.69) is 27.8 Å². The van der Waals surface area contributed by atoms with Crippen LogP contribution in [0, 0.1) is 5.41 Å². The Balaban J connectivity index is 0. The minimum Gasteiger partial charge on any atom is -0.550 e. The predicted molar refractivity (Wildman–Crippen MR) is 62.3 cm³/mol. The highest BCUT2D eigenvalue weighted by molar-refractivity contribution is 5.70. The Bertz CT molecular complexity index is 170. The number of carbonyl (C=O) groups excluding carboxylic acids is 1. The van der Waals surface area contributed by atoms with E-state index in [1.165, 1.54) is 24.1 Å². The maximum Gasteiger partial charge on any atom is 0.0755 e. The standard InChI is InChI=1S/C7H18N.C5H10O2/c1-5-8(4,6-2)7-3;1-5(2,3)4(6)7/h5-7H2,1-4H3;1-3H3,(H,6,7)/q+1;/p-1. The van der Waals surface area contributed by atoms with Crippen LogP contribution in [0.1, 0.15) is 41.5 Å². The van der Waals surface area contributed by atoms with Crippen molar-refractivity contribution >= 4 is 5.97 Å². The maximum atomic E-state index is 9.91. The second-order valence-corrected chi connectivity index (χ2v) is 5.11. The number of carboxylic acids is 1. The highest BCUT2D eigenvalue weighted by Crippen LogP contribution is 2.09. The molecule has 92 valence electrons. The average molecular weight is 217 g/mol. The van der Waals surface area contributed by atoms with Crippen LogP contribution in [0.4, 0.5) is 0 Å². The molecule has 0 aliphatic heterocycles. The van der Waals surface area contributed by atoms with E-state index in [9.17, 15) is 9.90 Å². The third-order valence-electron chi connectivity index (χ3n) is 2.90. The summed E-state index contributed by atoms with van der Waals surface area (Å²) in [5.41, 5.74) is -0.694. The van der Waals surface area contributed by atoms with Gasteiger partial charge in [-0.3, -0.25) is 0 Å². The molecule has 0 N–H and O–H groups in total. The minimum absolute atomic E-state index is 0.694. The summed E-state index contributed by atoms with van der Waals surface area (Å²) >= 11 is 0. The molecule has 0 rings (SSSR count). The van der Waals surface area contributed by atoms with Gasteiger partial charge in [0.05, 0.1) is 26.7 Å². The van der Waals surface area contributed by atoms with E-state index in [0.29, 0.717) is 0 Å². The van der Waals surface area contributed by atoms with Crippen LogP contribution in [0.25, 0.3) is 0 Å².